The van der Waals surface area contributed by atoms with Crippen molar-refractivity contribution in [1.82, 2.24) is 9.80 Å². The average molecular weight is 623 g/mol. The second-order valence-electron chi connectivity index (χ2n) is 9.80. The summed E-state index contributed by atoms with van der Waals surface area (Å²) in [6, 6.07) is 14.5. The standard InChI is InChI=1S/C30H42N2O4S4/c33-29-28(22-24-7-11-26(12-8-24)36-16-4-20-40)32(14-2-18-38)30(34)27(31(29)13-1-17-37)21-23-5-9-25(10-6-23)35-15-3-19-39/h5-12,27-28,37-40H,1-4,13-22H2/t27-,28+. The van der Waals surface area contributed by atoms with E-state index < -0.39 is 12.1 Å². The van der Waals surface area contributed by atoms with Gasteiger partial charge in [0.2, 0.25) is 11.8 Å². The van der Waals surface area contributed by atoms with Crippen LogP contribution in [0.5, 0.6) is 11.5 Å². The van der Waals surface area contributed by atoms with E-state index in [2.05, 4.69) is 50.5 Å². The van der Waals surface area contributed by atoms with Crippen molar-refractivity contribution in [2.24, 2.45) is 0 Å². The molecule has 40 heavy (non-hydrogen) atoms. The van der Waals surface area contributed by atoms with Crippen LogP contribution in [0.2, 0.25) is 0 Å². The molecule has 0 radical (unpaired) electrons. The molecule has 6 nitrogen and oxygen atoms in total. The van der Waals surface area contributed by atoms with E-state index in [1.54, 1.807) is 9.80 Å². The number of carbonyl (C=O) groups excluding carboxylic acids is 2. The molecule has 0 saturated carbocycles. The number of amides is 2. The van der Waals surface area contributed by atoms with E-state index >= 15 is 0 Å². The van der Waals surface area contributed by atoms with Crippen molar-refractivity contribution in [3.63, 3.8) is 0 Å². The second-order valence-corrected chi connectivity index (χ2v) is 11.6. The Balaban J connectivity index is 1.80. The van der Waals surface area contributed by atoms with Crippen molar-refractivity contribution in [2.45, 2.75) is 50.6 Å². The topological polar surface area (TPSA) is 59.1 Å². The quantitative estimate of drug-likeness (QED) is 0.141. The maximum atomic E-state index is 14.0. The van der Waals surface area contributed by atoms with Crippen molar-refractivity contribution < 1.29 is 19.1 Å². The van der Waals surface area contributed by atoms with Gasteiger partial charge in [0.1, 0.15) is 23.6 Å². The van der Waals surface area contributed by atoms with E-state index in [-0.39, 0.29) is 11.8 Å². The van der Waals surface area contributed by atoms with Gasteiger partial charge in [0.05, 0.1) is 13.2 Å². The van der Waals surface area contributed by atoms with Crippen LogP contribution >= 0.6 is 50.5 Å². The monoisotopic (exact) mass is 622 g/mol. The fourth-order valence-electron chi connectivity index (χ4n) is 4.76. The number of carbonyl (C=O) groups is 2. The molecule has 0 bridgehead atoms. The molecule has 2 aromatic carbocycles. The number of rotatable bonds is 18. The molecule has 1 aliphatic heterocycles. The van der Waals surface area contributed by atoms with Crippen molar-refractivity contribution in [1.29, 1.82) is 0 Å². The predicted molar refractivity (Wildman–Crippen MR) is 176 cm³/mol. The number of hydrogen-bond acceptors (Lipinski definition) is 8. The van der Waals surface area contributed by atoms with Gasteiger partial charge in [-0.15, -0.1) is 0 Å². The minimum Gasteiger partial charge on any atom is -0.494 e. The van der Waals surface area contributed by atoms with Gasteiger partial charge in [0.15, 0.2) is 0 Å². The van der Waals surface area contributed by atoms with Crippen LogP contribution in [0, 0.1) is 0 Å². The molecule has 1 fully saturated rings. The molecule has 10 heteroatoms. The van der Waals surface area contributed by atoms with E-state index in [0.29, 0.717) is 50.7 Å². The molecular formula is C30H42N2O4S4. The summed E-state index contributed by atoms with van der Waals surface area (Å²) in [5.74, 6) is 4.41. The van der Waals surface area contributed by atoms with Crippen LogP contribution < -0.4 is 9.47 Å². The lowest BCUT2D eigenvalue weighted by molar-refractivity contribution is -0.161. The molecule has 0 aromatic heterocycles. The Hall–Kier alpha value is -1.62. The van der Waals surface area contributed by atoms with Crippen LogP contribution in [0.4, 0.5) is 0 Å². The number of hydrogen-bond donors (Lipinski definition) is 4. The second kappa shape index (κ2) is 18.0. The number of ether oxygens (including phenoxy) is 2. The Bertz CT molecular complexity index is 956. The summed E-state index contributed by atoms with van der Waals surface area (Å²) in [4.78, 5) is 31.6. The molecule has 2 aromatic rings. The van der Waals surface area contributed by atoms with Gasteiger partial charge in [-0.3, -0.25) is 9.59 Å². The smallest absolute Gasteiger partial charge is 0.246 e. The maximum absolute atomic E-state index is 14.0. The molecule has 1 aliphatic rings. The van der Waals surface area contributed by atoms with Gasteiger partial charge in [0, 0.05) is 25.9 Å². The van der Waals surface area contributed by atoms with Crippen molar-refractivity contribution >= 4 is 62.3 Å². The van der Waals surface area contributed by atoms with Gasteiger partial charge in [0.25, 0.3) is 0 Å². The molecular weight excluding hydrogens is 581 g/mol. The first-order valence-corrected chi connectivity index (χ1v) is 16.5. The summed E-state index contributed by atoms with van der Waals surface area (Å²) in [5.41, 5.74) is 1.98. The number of nitrogens with zero attached hydrogens (tertiary/aromatic N) is 2. The van der Waals surface area contributed by atoms with Gasteiger partial charge < -0.3 is 19.3 Å². The zero-order valence-corrected chi connectivity index (χ0v) is 26.6. The van der Waals surface area contributed by atoms with Crippen LogP contribution in [-0.4, -0.2) is 83.0 Å². The van der Waals surface area contributed by atoms with Gasteiger partial charge >= 0.3 is 0 Å². The van der Waals surface area contributed by atoms with E-state index in [9.17, 15) is 9.59 Å². The molecule has 3 rings (SSSR count). The first kappa shape index (κ1) is 32.9. The van der Waals surface area contributed by atoms with Crippen LogP contribution in [-0.2, 0) is 22.4 Å². The first-order valence-electron chi connectivity index (χ1n) is 14.0. The summed E-state index contributed by atoms with van der Waals surface area (Å²) in [6.45, 7) is 2.23. The van der Waals surface area contributed by atoms with Gasteiger partial charge in [-0.2, -0.15) is 50.5 Å². The third kappa shape index (κ3) is 9.74. The zero-order chi connectivity index (χ0) is 28.7. The van der Waals surface area contributed by atoms with Crippen LogP contribution in [0.15, 0.2) is 48.5 Å². The molecule has 0 spiro atoms. The third-order valence-electron chi connectivity index (χ3n) is 6.85. The average Bonchev–Trinajstić information content (AvgIpc) is 2.97. The van der Waals surface area contributed by atoms with Gasteiger partial charge in [-0.05, 0) is 84.1 Å². The number of thiol groups is 4. The number of benzene rings is 2. The summed E-state index contributed by atoms with van der Waals surface area (Å²) in [7, 11) is 0. The molecule has 220 valence electrons. The normalized spacial score (nSPS) is 17.4. The fraction of sp³-hybridized carbons (Fsp3) is 0.533. The lowest BCUT2D eigenvalue weighted by atomic mass is 9.94. The molecule has 0 aliphatic carbocycles. The minimum atomic E-state index is -0.554. The Morgan fingerprint density at radius 2 is 0.900 bits per heavy atom. The highest BCUT2D eigenvalue weighted by atomic mass is 32.1. The molecule has 1 saturated heterocycles. The molecule has 1 heterocycles. The Labute approximate surface area is 261 Å². The van der Waals surface area contributed by atoms with E-state index in [0.717, 1.165) is 59.8 Å². The summed E-state index contributed by atoms with van der Waals surface area (Å²) in [6.07, 6.45) is 4.10. The lowest BCUT2D eigenvalue weighted by Gasteiger charge is -2.45. The highest BCUT2D eigenvalue weighted by Gasteiger charge is 2.45. The number of piperazine rings is 1. The largest absolute Gasteiger partial charge is 0.494 e. The zero-order valence-electron chi connectivity index (χ0n) is 23.0. The maximum Gasteiger partial charge on any atom is 0.246 e. The molecule has 0 N–H and O–H groups in total. The van der Waals surface area contributed by atoms with E-state index in [1.165, 1.54) is 0 Å². The van der Waals surface area contributed by atoms with Crippen LogP contribution in [0.25, 0.3) is 0 Å². The highest BCUT2D eigenvalue weighted by molar-refractivity contribution is 7.80. The Kier molecular flexibility index (Phi) is 14.8. The van der Waals surface area contributed by atoms with Gasteiger partial charge in [-0.1, -0.05) is 24.3 Å². The Morgan fingerprint density at radius 3 is 1.23 bits per heavy atom. The van der Waals surface area contributed by atoms with E-state index in [1.807, 2.05) is 48.5 Å². The van der Waals surface area contributed by atoms with E-state index in [4.69, 9.17) is 9.47 Å². The lowest BCUT2D eigenvalue weighted by Crippen LogP contribution is -2.66. The summed E-state index contributed by atoms with van der Waals surface area (Å²) < 4.78 is 11.5. The minimum absolute atomic E-state index is 0.00800. The predicted octanol–water partition coefficient (Wildman–Crippen LogP) is 4.92. The van der Waals surface area contributed by atoms with Crippen LogP contribution in [0.1, 0.15) is 36.8 Å². The molecule has 0 unspecified atom stereocenters. The molecule has 2 amide bonds. The summed E-state index contributed by atoms with van der Waals surface area (Å²) >= 11 is 17.2. The van der Waals surface area contributed by atoms with Crippen LogP contribution in [0.3, 0.4) is 0 Å². The third-order valence-corrected chi connectivity index (χ3v) is 8.12. The summed E-state index contributed by atoms with van der Waals surface area (Å²) in [5, 5.41) is 0. The van der Waals surface area contributed by atoms with Gasteiger partial charge in [-0.25, -0.2) is 0 Å². The first-order chi connectivity index (χ1) is 19.5. The Morgan fingerprint density at radius 1 is 0.550 bits per heavy atom. The van der Waals surface area contributed by atoms with Crippen molar-refractivity contribution in [3.8, 4) is 11.5 Å². The molecule has 2 atom stereocenters. The highest BCUT2D eigenvalue weighted by Crippen LogP contribution is 2.26. The fourth-order valence-corrected chi connectivity index (χ4v) is 5.31. The van der Waals surface area contributed by atoms with Crippen molar-refractivity contribution in [3.05, 3.63) is 59.7 Å². The van der Waals surface area contributed by atoms with Crippen molar-refractivity contribution in [2.75, 3.05) is 49.3 Å². The SMILES string of the molecule is O=C1[C@H](Cc2ccc(OCCCS)cc2)N(CCCS)C(=O)[C@@H](Cc2ccc(OCCCS)cc2)N1CCCS.